The van der Waals surface area contributed by atoms with Crippen molar-refractivity contribution in [3.05, 3.63) is 28.2 Å². The molecular weight excluding hydrogens is 300 g/mol. The van der Waals surface area contributed by atoms with Crippen LogP contribution in [-0.4, -0.2) is 20.1 Å². The summed E-state index contributed by atoms with van der Waals surface area (Å²) in [6.07, 6.45) is 1.22. The number of hydrogen-bond donors (Lipinski definition) is 1. The van der Waals surface area contributed by atoms with Gasteiger partial charge in [0.15, 0.2) is 0 Å². The summed E-state index contributed by atoms with van der Waals surface area (Å²) < 4.78 is 1.18. The predicted octanol–water partition coefficient (Wildman–Crippen LogP) is 4.60. The van der Waals surface area contributed by atoms with E-state index in [-0.39, 0.29) is 0 Å². The zero-order valence-electron chi connectivity index (χ0n) is 12.8. The second kappa shape index (κ2) is 7.91. The summed E-state index contributed by atoms with van der Waals surface area (Å²) in [5.74, 6) is 0.745. The van der Waals surface area contributed by atoms with E-state index in [2.05, 4.69) is 79.1 Å². The van der Waals surface area contributed by atoms with E-state index in [1.165, 1.54) is 22.1 Å². The molecule has 0 amide bonds. The highest BCUT2D eigenvalue weighted by atomic mass is 79.9. The highest BCUT2D eigenvalue weighted by Gasteiger charge is 2.10. The number of hydrogen-bond acceptors (Lipinski definition) is 2. The Morgan fingerprint density at radius 1 is 1.26 bits per heavy atom. The molecule has 0 spiro atoms. The first-order valence-corrected chi connectivity index (χ1v) is 7.99. The summed E-state index contributed by atoms with van der Waals surface area (Å²) in [4.78, 5) is 2.33. The number of benzene rings is 1. The molecule has 0 aromatic heterocycles. The summed E-state index contributed by atoms with van der Waals surface area (Å²) >= 11 is 3.70. The summed E-state index contributed by atoms with van der Waals surface area (Å²) in [7, 11) is 2.16. The predicted molar refractivity (Wildman–Crippen MR) is 89.0 cm³/mol. The van der Waals surface area contributed by atoms with Crippen molar-refractivity contribution in [1.29, 1.82) is 0 Å². The van der Waals surface area contributed by atoms with Crippen molar-refractivity contribution in [3.8, 4) is 0 Å². The Morgan fingerprint density at radius 3 is 2.47 bits per heavy atom. The van der Waals surface area contributed by atoms with Crippen molar-refractivity contribution in [2.24, 2.45) is 5.92 Å². The van der Waals surface area contributed by atoms with Gasteiger partial charge in [-0.2, -0.15) is 0 Å². The standard InChI is InChI=1S/C16H27BrN2/c1-6-18-13(4)14-7-8-16(15(17)11-14)19(5)10-9-12(2)3/h7-8,11-13,18H,6,9-10H2,1-5H3. The van der Waals surface area contributed by atoms with Crippen molar-refractivity contribution >= 4 is 21.6 Å². The molecule has 2 nitrogen and oxygen atoms in total. The smallest absolute Gasteiger partial charge is 0.0508 e. The van der Waals surface area contributed by atoms with Crippen molar-refractivity contribution in [3.63, 3.8) is 0 Å². The minimum atomic E-state index is 0.399. The van der Waals surface area contributed by atoms with E-state index < -0.39 is 0 Å². The van der Waals surface area contributed by atoms with Crippen LogP contribution in [0.3, 0.4) is 0 Å². The third-order valence-corrected chi connectivity index (χ3v) is 4.07. The van der Waals surface area contributed by atoms with Crippen molar-refractivity contribution in [1.82, 2.24) is 5.32 Å². The Hall–Kier alpha value is -0.540. The lowest BCUT2D eigenvalue weighted by molar-refractivity contribution is 0.584. The van der Waals surface area contributed by atoms with Gasteiger partial charge in [0.05, 0.1) is 5.69 Å². The maximum atomic E-state index is 3.70. The minimum Gasteiger partial charge on any atom is -0.374 e. The first-order chi connectivity index (χ1) is 8.95. The fourth-order valence-electron chi connectivity index (χ4n) is 2.10. The number of nitrogens with zero attached hydrogens (tertiary/aromatic N) is 1. The molecule has 0 bridgehead atoms. The molecule has 0 aliphatic heterocycles. The molecule has 0 saturated carbocycles. The molecule has 1 atom stereocenters. The third kappa shape index (κ3) is 5.15. The van der Waals surface area contributed by atoms with Crippen molar-refractivity contribution < 1.29 is 0 Å². The summed E-state index contributed by atoms with van der Waals surface area (Å²) in [6.45, 7) is 11.0. The van der Waals surface area contributed by atoms with E-state index in [0.29, 0.717) is 6.04 Å². The van der Waals surface area contributed by atoms with Crippen LogP contribution in [0.15, 0.2) is 22.7 Å². The molecule has 0 radical (unpaired) electrons. The van der Waals surface area contributed by atoms with Gasteiger partial charge in [0, 0.05) is 24.1 Å². The van der Waals surface area contributed by atoms with Crippen LogP contribution in [0.4, 0.5) is 5.69 Å². The van der Waals surface area contributed by atoms with Crippen LogP contribution in [0.25, 0.3) is 0 Å². The maximum absolute atomic E-state index is 3.70. The monoisotopic (exact) mass is 326 g/mol. The fourth-order valence-corrected chi connectivity index (χ4v) is 2.80. The van der Waals surface area contributed by atoms with Gasteiger partial charge in [0.25, 0.3) is 0 Å². The Balaban J connectivity index is 2.76. The molecule has 0 fully saturated rings. The molecule has 0 saturated heterocycles. The summed E-state index contributed by atoms with van der Waals surface area (Å²) in [5, 5.41) is 3.44. The number of halogens is 1. The molecule has 1 aromatic rings. The molecule has 108 valence electrons. The van der Waals surface area contributed by atoms with E-state index in [0.717, 1.165) is 19.0 Å². The lowest BCUT2D eigenvalue weighted by Crippen LogP contribution is -2.21. The van der Waals surface area contributed by atoms with E-state index in [9.17, 15) is 0 Å². The van der Waals surface area contributed by atoms with E-state index in [4.69, 9.17) is 0 Å². The van der Waals surface area contributed by atoms with Crippen LogP contribution < -0.4 is 10.2 Å². The first-order valence-electron chi connectivity index (χ1n) is 7.19. The van der Waals surface area contributed by atoms with Crippen LogP contribution in [0.5, 0.6) is 0 Å². The highest BCUT2D eigenvalue weighted by Crippen LogP contribution is 2.29. The van der Waals surface area contributed by atoms with E-state index in [1.807, 2.05) is 0 Å². The van der Waals surface area contributed by atoms with Gasteiger partial charge in [0.1, 0.15) is 0 Å². The van der Waals surface area contributed by atoms with Gasteiger partial charge in [-0.25, -0.2) is 0 Å². The van der Waals surface area contributed by atoms with Gasteiger partial charge < -0.3 is 10.2 Å². The van der Waals surface area contributed by atoms with Gasteiger partial charge in [-0.15, -0.1) is 0 Å². The van der Waals surface area contributed by atoms with Crippen LogP contribution in [-0.2, 0) is 0 Å². The first kappa shape index (κ1) is 16.5. The average Bonchev–Trinajstić information content (AvgIpc) is 2.36. The molecule has 1 rings (SSSR count). The molecule has 1 aromatic carbocycles. The maximum Gasteiger partial charge on any atom is 0.0508 e. The topological polar surface area (TPSA) is 15.3 Å². The van der Waals surface area contributed by atoms with Gasteiger partial charge in [-0.05, 0) is 59.4 Å². The van der Waals surface area contributed by atoms with Gasteiger partial charge in [-0.1, -0.05) is 26.8 Å². The Bertz CT molecular complexity index is 390. The quantitative estimate of drug-likeness (QED) is 0.787. The SMILES string of the molecule is CCNC(C)c1ccc(N(C)CCC(C)C)c(Br)c1. The van der Waals surface area contributed by atoms with Crippen LogP contribution >= 0.6 is 15.9 Å². The molecule has 3 heteroatoms. The van der Waals surface area contributed by atoms with E-state index in [1.54, 1.807) is 0 Å². The molecule has 19 heavy (non-hydrogen) atoms. The third-order valence-electron chi connectivity index (χ3n) is 3.44. The highest BCUT2D eigenvalue weighted by molar-refractivity contribution is 9.10. The van der Waals surface area contributed by atoms with E-state index >= 15 is 0 Å². The average molecular weight is 327 g/mol. The van der Waals surface area contributed by atoms with Gasteiger partial charge in [0.2, 0.25) is 0 Å². The normalized spacial score (nSPS) is 12.8. The minimum absolute atomic E-state index is 0.399. The molecule has 0 heterocycles. The Labute approximate surface area is 126 Å². The van der Waals surface area contributed by atoms with Crippen LogP contribution in [0.2, 0.25) is 0 Å². The molecule has 1 unspecified atom stereocenters. The van der Waals surface area contributed by atoms with Gasteiger partial charge in [-0.3, -0.25) is 0 Å². The molecule has 0 aliphatic carbocycles. The fraction of sp³-hybridized carbons (Fsp3) is 0.625. The molecular formula is C16H27BrN2. The Kier molecular flexibility index (Phi) is 6.87. The summed E-state index contributed by atoms with van der Waals surface area (Å²) in [5.41, 5.74) is 2.60. The largest absolute Gasteiger partial charge is 0.374 e. The van der Waals surface area contributed by atoms with Crippen molar-refractivity contribution in [2.45, 2.75) is 40.2 Å². The number of nitrogens with one attached hydrogen (secondary N) is 1. The lowest BCUT2D eigenvalue weighted by atomic mass is 10.1. The molecule has 0 aliphatic rings. The number of anilines is 1. The number of rotatable bonds is 7. The Morgan fingerprint density at radius 2 is 1.95 bits per heavy atom. The molecule has 1 N–H and O–H groups in total. The second-order valence-corrected chi connectivity index (χ2v) is 6.45. The van der Waals surface area contributed by atoms with Crippen molar-refractivity contribution in [2.75, 3.05) is 25.0 Å². The zero-order valence-corrected chi connectivity index (χ0v) is 14.4. The van der Waals surface area contributed by atoms with Crippen LogP contribution in [0.1, 0.15) is 45.7 Å². The van der Waals surface area contributed by atoms with Gasteiger partial charge >= 0.3 is 0 Å². The summed E-state index contributed by atoms with van der Waals surface area (Å²) in [6, 6.07) is 7.07. The lowest BCUT2D eigenvalue weighted by Gasteiger charge is -2.23. The van der Waals surface area contributed by atoms with Crippen LogP contribution in [0, 0.1) is 5.92 Å². The second-order valence-electron chi connectivity index (χ2n) is 5.59. The zero-order chi connectivity index (χ0) is 14.4.